The highest BCUT2D eigenvalue weighted by Crippen LogP contribution is 2.38. The van der Waals surface area contributed by atoms with Gasteiger partial charge in [0.15, 0.2) is 5.78 Å². The Morgan fingerprint density at radius 3 is 2.48 bits per heavy atom. The Hall–Kier alpha value is -2.63. The number of rotatable bonds is 3. The molecule has 1 aromatic carbocycles. The molecule has 0 radical (unpaired) electrons. The topological polar surface area (TPSA) is 104 Å². The Morgan fingerprint density at radius 1 is 1.24 bits per heavy atom. The van der Waals surface area contributed by atoms with Crippen molar-refractivity contribution in [1.82, 2.24) is 5.32 Å². The van der Waals surface area contributed by atoms with E-state index in [0.29, 0.717) is 11.1 Å². The van der Waals surface area contributed by atoms with Crippen molar-refractivity contribution in [3.8, 4) is 0 Å². The molecule has 1 aliphatic rings. The number of hydrogen-bond acceptors (Lipinski definition) is 4. The predicted molar refractivity (Wildman–Crippen MR) is 74.7 cm³/mol. The van der Waals surface area contributed by atoms with E-state index in [-0.39, 0.29) is 0 Å². The Bertz CT molecular complexity index is 672. The number of carbonyl (C=O) groups excluding carboxylic acids is 2. The van der Waals surface area contributed by atoms with E-state index < -0.39 is 41.0 Å². The van der Waals surface area contributed by atoms with Crippen molar-refractivity contribution in [2.24, 2.45) is 0 Å². The fourth-order valence-electron chi connectivity index (χ4n) is 2.37. The first kappa shape index (κ1) is 14.8. The van der Waals surface area contributed by atoms with Crippen molar-refractivity contribution in [2.45, 2.75) is 19.3 Å². The van der Waals surface area contributed by atoms with Crippen LogP contribution in [-0.4, -0.2) is 34.4 Å². The second kappa shape index (κ2) is 5.05. The predicted octanol–water partition coefficient (Wildman–Crippen LogP) is 1.02. The first-order valence-electron chi connectivity index (χ1n) is 6.34. The van der Waals surface area contributed by atoms with Gasteiger partial charge in [0.1, 0.15) is 17.9 Å². The third-order valence-corrected chi connectivity index (χ3v) is 3.51. The normalized spacial score (nSPS) is 16.4. The van der Waals surface area contributed by atoms with Crippen LogP contribution in [0.1, 0.15) is 25.0 Å². The summed E-state index contributed by atoms with van der Waals surface area (Å²) in [5.74, 6) is -3.08. The summed E-state index contributed by atoms with van der Waals surface area (Å²) in [5.41, 5.74) is -0.344. The molecule has 0 aliphatic heterocycles. The summed E-state index contributed by atoms with van der Waals surface area (Å²) in [6, 6.07) is 6.77. The zero-order chi connectivity index (χ0) is 15.8. The maximum absolute atomic E-state index is 12.5. The first-order chi connectivity index (χ1) is 9.76. The number of carboxylic acid groups (broad SMARTS) is 1. The van der Waals surface area contributed by atoms with E-state index in [1.54, 1.807) is 38.1 Å². The molecular weight excluding hydrogens is 274 g/mol. The van der Waals surface area contributed by atoms with Gasteiger partial charge in [0, 0.05) is 5.56 Å². The number of hydrogen-bond donors (Lipinski definition) is 3. The van der Waals surface area contributed by atoms with Gasteiger partial charge in [-0.05, 0) is 19.4 Å². The van der Waals surface area contributed by atoms with Gasteiger partial charge in [0.05, 0.1) is 5.41 Å². The summed E-state index contributed by atoms with van der Waals surface area (Å²) < 4.78 is 0. The molecule has 3 N–H and O–H groups in total. The highest BCUT2D eigenvalue weighted by Gasteiger charge is 2.43. The molecule has 21 heavy (non-hydrogen) atoms. The molecule has 0 bridgehead atoms. The molecule has 2 rings (SSSR count). The Balaban J connectivity index is 2.52. The number of fused-ring (bicyclic) bond motifs is 1. The average Bonchev–Trinajstić information content (AvgIpc) is 2.43. The van der Waals surface area contributed by atoms with E-state index in [0.717, 1.165) is 0 Å². The van der Waals surface area contributed by atoms with Crippen LogP contribution in [0, 0.1) is 0 Å². The van der Waals surface area contributed by atoms with Gasteiger partial charge in [0.25, 0.3) is 5.91 Å². The lowest BCUT2D eigenvalue weighted by Gasteiger charge is -2.31. The van der Waals surface area contributed by atoms with Gasteiger partial charge in [-0.1, -0.05) is 24.3 Å². The Labute approximate surface area is 121 Å². The van der Waals surface area contributed by atoms with E-state index in [1.807, 2.05) is 0 Å². The van der Waals surface area contributed by atoms with E-state index in [4.69, 9.17) is 5.11 Å². The summed E-state index contributed by atoms with van der Waals surface area (Å²) in [5, 5.41) is 20.9. The summed E-state index contributed by atoms with van der Waals surface area (Å²) in [6.45, 7) is 2.70. The number of benzene rings is 1. The van der Waals surface area contributed by atoms with Crippen molar-refractivity contribution in [3.63, 3.8) is 0 Å². The highest BCUT2D eigenvalue weighted by molar-refractivity contribution is 6.28. The third kappa shape index (κ3) is 2.40. The number of carboxylic acids is 1. The summed E-state index contributed by atoms with van der Waals surface area (Å²) >= 11 is 0. The number of ketones is 1. The summed E-state index contributed by atoms with van der Waals surface area (Å²) in [6.07, 6.45) is 0. The number of Topliss-reactive ketones (excluding diaryl/α,β-unsaturated/α-hetero) is 1. The van der Waals surface area contributed by atoms with Crippen LogP contribution in [-0.2, 0) is 19.8 Å². The van der Waals surface area contributed by atoms with Gasteiger partial charge in [-0.3, -0.25) is 14.4 Å². The fraction of sp³-hybridized carbons (Fsp3) is 0.267. The van der Waals surface area contributed by atoms with Crippen LogP contribution in [0.25, 0.3) is 5.76 Å². The monoisotopic (exact) mass is 289 g/mol. The number of carbonyl (C=O) groups is 3. The number of aliphatic hydroxyl groups is 1. The first-order valence-corrected chi connectivity index (χ1v) is 6.34. The standard InChI is InChI=1S/C15H15NO5/c1-15(2)9-6-4-3-5-8(9)12(19)11(13(15)20)14(21)16-7-10(17)18/h3-6,19H,7H2,1-2H3,(H,16,21)(H,17,18). The molecule has 6 nitrogen and oxygen atoms in total. The van der Waals surface area contributed by atoms with Gasteiger partial charge >= 0.3 is 5.97 Å². The van der Waals surface area contributed by atoms with Crippen molar-refractivity contribution in [3.05, 3.63) is 41.0 Å². The minimum atomic E-state index is -1.23. The molecule has 0 atom stereocenters. The maximum Gasteiger partial charge on any atom is 0.322 e. The maximum atomic E-state index is 12.5. The lowest BCUT2D eigenvalue weighted by atomic mass is 9.71. The quantitative estimate of drug-likeness (QED) is 0.721. The molecule has 1 aromatic rings. The van der Waals surface area contributed by atoms with Crippen molar-refractivity contribution >= 4 is 23.4 Å². The van der Waals surface area contributed by atoms with E-state index in [1.165, 1.54) is 0 Å². The van der Waals surface area contributed by atoms with Crippen molar-refractivity contribution in [1.29, 1.82) is 0 Å². The minimum Gasteiger partial charge on any atom is -0.506 e. The lowest BCUT2D eigenvalue weighted by Crippen LogP contribution is -2.42. The number of aliphatic carboxylic acids is 1. The Morgan fingerprint density at radius 2 is 1.86 bits per heavy atom. The van der Waals surface area contributed by atoms with E-state index >= 15 is 0 Å². The van der Waals surface area contributed by atoms with E-state index in [9.17, 15) is 19.5 Å². The number of aliphatic hydroxyl groups excluding tert-OH is 1. The van der Waals surface area contributed by atoms with Crippen molar-refractivity contribution < 1.29 is 24.6 Å². The molecule has 0 heterocycles. The molecule has 0 unspecified atom stereocenters. The largest absolute Gasteiger partial charge is 0.506 e. The molecular formula is C15H15NO5. The third-order valence-electron chi connectivity index (χ3n) is 3.51. The number of nitrogens with one attached hydrogen (secondary N) is 1. The molecule has 0 saturated carbocycles. The molecule has 110 valence electrons. The van der Waals surface area contributed by atoms with E-state index in [2.05, 4.69) is 5.32 Å². The minimum absolute atomic E-state index is 0.403. The second-order valence-electron chi connectivity index (χ2n) is 5.30. The zero-order valence-corrected chi connectivity index (χ0v) is 11.6. The molecule has 0 spiro atoms. The lowest BCUT2D eigenvalue weighted by molar-refractivity contribution is -0.138. The molecule has 6 heteroatoms. The molecule has 0 saturated heterocycles. The fourth-order valence-corrected chi connectivity index (χ4v) is 2.37. The van der Waals surface area contributed by atoms with Crippen LogP contribution in [0.3, 0.4) is 0 Å². The molecule has 1 amide bonds. The molecule has 0 aromatic heterocycles. The van der Waals surface area contributed by atoms with Crippen molar-refractivity contribution in [2.75, 3.05) is 6.54 Å². The van der Waals surface area contributed by atoms with Gasteiger partial charge in [-0.25, -0.2) is 0 Å². The van der Waals surface area contributed by atoms with Crippen LogP contribution in [0.15, 0.2) is 29.8 Å². The summed E-state index contributed by atoms with van der Waals surface area (Å²) in [7, 11) is 0. The Kier molecular flexibility index (Phi) is 3.55. The summed E-state index contributed by atoms with van der Waals surface area (Å²) in [4.78, 5) is 35.0. The smallest absolute Gasteiger partial charge is 0.322 e. The van der Waals surface area contributed by atoms with Gasteiger partial charge in [-0.15, -0.1) is 0 Å². The SMILES string of the molecule is CC1(C)C(=O)C(C(=O)NCC(=O)O)=C(O)c2ccccc21. The van der Waals surface area contributed by atoms with Gasteiger partial charge < -0.3 is 15.5 Å². The van der Waals surface area contributed by atoms with Gasteiger partial charge in [0.2, 0.25) is 0 Å². The zero-order valence-electron chi connectivity index (χ0n) is 11.6. The molecule has 0 fully saturated rings. The van der Waals surface area contributed by atoms with Crippen LogP contribution < -0.4 is 5.32 Å². The van der Waals surface area contributed by atoms with Crippen LogP contribution >= 0.6 is 0 Å². The van der Waals surface area contributed by atoms with Crippen LogP contribution in [0.2, 0.25) is 0 Å². The second-order valence-corrected chi connectivity index (χ2v) is 5.30. The molecule has 1 aliphatic carbocycles. The van der Waals surface area contributed by atoms with Crippen LogP contribution in [0.5, 0.6) is 0 Å². The average molecular weight is 289 g/mol. The highest BCUT2D eigenvalue weighted by atomic mass is 16.4. The van der Waals surface area contributed by atoms with Gasteiger partial charge in [-0.2, -0.15) is 0 Å². The van der Waals surface area contributed by atoms with Crippen LogP contribution in [0.4, 0.5) is 0 Å². The number of amides is 1.